The van der Waals surface area contributed by atoms with Gasteiger partial charge in [-0.2, -0.15) is 0 Å². The molecule has 0 radical (unpaired) electrons. The second-order valence-corrected chi connectivity index (χ2v) is 6.17. The van der Waals surface area contributed by atoms with E-state index in [1.54, 1.807) is 60.7 Å². The van der Waals surface area contributed by atoms with Gasteiger partial charge in [-0.05, 0) is 47.0 Å². The Morgan fingerprint density at radius 2 is 1.08 bits per heavy atom. The quantitative estimate of drug-likeness (QED) is 0.456. The molecule has 0 atom stereocenters. The monoisotopic (exact) mass is 348 g/mol. The van der Waals surface area contributed by atoms with Crippen LogP contribution in [0.3, 0.4) is 0 Å². The SMILES string of the molecule is O=C1C(=Cc2ccccc2B(O)O)CCC1=Cc1ccccc1B(O)O. The van der Waals surface area contributed by atoms with Crippen molar-refractivity contribution >= 4 is 43.1 Å². The van der Waals surface area contributed by atoms with E-state index < -0.39 is 14.2 Å². The molecule has 0 heterocycles. The number of hydrogen-bond acceptors (Lipinski definition) is 5. The van der Waals surface area contributed by atoms with Crippen molar-refractivity contribution in [1.82, 2.24) is 0 Å². The fourth-order valence-electron chi connectivity index (χ4n) is 3.11. The number of allylic oxidation sites excluding steroid dienone is 2. The van der Waals surface area contributed by atoms with Crippen LogP contribution in [0.25, 0.3) is 12.2 Å². The van der Waals surface area contributed by atoms with E-state index in [1.807, 2.05) is 0 Å². The average molecular weight is 348 g/mol. The number of Topliss-reactive ketones (excluding diaryl/α,β-unsaturated/α-hetero) is 1. The summed E-state index contributed by atoms with van der Waals surface area (Å²) in [4.78, 5) is 12.7. The van der Waals surface area contributed by atoms with Crippen molar-refractivity contribution in [2.45, 2.75) is 12.8 Å². The third-order valence-corrected chi connectivity index (χ3v) is 4.45. The molecule has 130 valence electrons. The Hall–Kier alpha value is -2.44. The van der Waals surface area contributed by atoms with Gasteiger partial charge in [0, 0.05) is 11.1 Å². The van der Waals surface area contributed by atoms with Gasteiger partial charge in [0.1, 0.15) is 0 Å². The number of hydrogen-bond donors (Lipinski definition) is 4. The Labute approximate surface area is 152 Å². The zero-order valence-electron chi connectivity index (χ0n) is 14.0. The van der Waals surface area contributed by atoms with E-state index in [2.05, 4.69) is 0 Å². The predicted octanol–water partition coefficient (Wildman–Crippen LogP) is -0.124. The van der Waals surface area contributed by atoms with Crippen LogP contribution in [0, 0.1) is 0 Å². The number of carbonyl (C=O) groups is 1. The first-order valence-electron chi connectivity index (χ1n) is 8.33. The number of benzene rings is 2. The van der Waals surface area contributed by atoms with Crippen LogP contribution in [-0.4, -0.2) is 40.1 Å². The summed E-state index contributed by atoms with van der Waals surface area (Å²) < 4.78 is 0. The van der Waals surface area contributed by atoms with Gasteiger partial charge in [-0.25, -0.2) is 0 Å². The van der Waals surface area contributed by atoms with Gasteiger partial charge < -0.3 is 20.1 Å². The molecule has 0 aromatic heterocycles. The van der Waals surface area contributed by atoms with Crippen LogP contribution in [-0.2, 0) is 4.79 Å². The second-order valence-electron chi connectivity index (χ2n) is 6.17. The van der Waals surface area contributed by atoms with Gasteiger partial charge in [0.05, 0.1) is 0 Å². The minimum absolute atomic E-state index is 0.116. The van der Waals surface area contributed by atoms with Crippen LogP contribution in [0.1, 0.15) is 24.0 Å². The predicted molar refractivity (Wildman–Crippen MR) is 103 cm³/mol. The summed E-state index contributed by atoms with van der Waals surface area (Å²) >= 11 is 0. The zero-order chi connectivity index (χ0) is 18.7. The van der Waals surface area contributed by atoms with Crippen LogP contribution in [0.15, 0.2) is 59.7 Å². The molecule has 1 saturated carbocycles. The maximum atomic E-state index is 12.7. The van der Waals surface area contributed by atoms with Crippen LogP contribution in [0.2, 0.25) is 0 Å². The Morgan fingerprint density at radius 1 is 0.692 bits per heavy atom. The lowest BCUT2D eigenvalue weighted by atomic mass is 9.76. The highest BCUT2D eigenvalue weighted by Crippen LogP contribution is 2.29. The van der Waals surface area contributed by atoms with Gasteiger partial charge in [0.25, 0.3) is 0 Å². The van der Waals surface area contributed by atoms with Gasteiger partial charge in [-0.1, -0.05) is 48.5 Å². The summed E-state index contributed by atoms with van der Waals surface area (Å²) in [5.74, 6) is -0.116. The smallest absolute Gasteiger partial charge is 0.423 e. The molecule has 1 aliphatic carbocycles. The lowest BCUT2D eigenvalue weighted by Gasteiger charge is -2.06. The van der Waals surface area contributed by atoms with E-state index in [9.17, 15) is 24.9 Å². The van der Waals surface area contributed by atoms with Gasteiger partial charge in [-0.15, -0.1) is 0 Å². The van der Waals surface area contributed by atoms with Crippen molar-refractivity contribution in [1.29, 1.82) is 0 Å². The molecule has 0 saturated heterocycles. The molecule has 0 unspecified atom stereocenters. The molecule has 4 N–H and O–H groups in total. The summed E-state index contributed by atoms with van der Waals surface area (Å²) in [5, 5.41) is 37.8. The molecule has 1 fully saturated rings. The van der Waals surface area contributed by atoms with E-state index in [0.717, 1.165) is 0 Å². The first-order chi connectivity index (χ1) is 12.5. The van der Waals surface area contributed by atoms with Crippen LogP contribution >= 0.6 is 0 Å². The first kappa shape index (κ1) is 18.4. The second kappa shape index (κ2) is 7.85. The molecule has 0 amide bonds. The first-order valence-corrected chi connectivity index (χ1v) is 8.33. The minimum atomic E-state index is -1.60. The van der Waals surface area contributed by atoms with E-state index in [-0.39, 0.29) is 5.78 Å². The molecule has 1 aliphatic rings. The van der Waals surface area contributed by atoms with Gasteiger partial charge >= 0.3 is 14.2 Å². The summed E-state index contributed by atoms with van der Waals surface area (Å²) in [6.07, 6.45) is 4.46. The molecule has 26 heavy (non-hydrogen) atoms. The molecule has 0 aliphatic heterocycles. The number of carbonyl (C=O) groups excluding carboxylic acids is 1. The summed E-state index contributed by atoms with van der Waals surface area (Å²) in [7, 11) is -3.21. The normalized spacial score (nSPS) is 17.2. The Balaban J connectivity index is 1.92. The molecule has 0 spiro atoms. The maximum Gasteiger partial charge on any atom is 0.489 e. The summed E-state index contributed by atoms with van der Waals surface area (Å²) in [6, 6.07) is 13.6. The zero-order valence-corrected chi connectivity index (χ0v) is 14.0. The third kappa shape index (κ3) is 3.86. The van der Waals surface area contributed by atoms with Gasteiger partial charge in [0.2, 0.25) is 0 Å². The summed E-state index contributed by atoms with van der Waals surface area (Å²) in [5.41, 5.74) is 3.06. The van der Waals surface area contributed by atoms with E-state index in [4.69, 9.17) is 0 Å². The molecule has 7 heteroatoms. The molecule has 0 bridgehead atoms. The minimum Gasteiger partial charge on any atom is -0.423 e. The molecule has 3 rings (SSSR count). The van der Waals surface area contributed by atoms with Crippen molar-refractivity contribution in [3.05, 3.63) is 70.8 Å². The topological polar surface area (TPSA) is 98.0 Å². The maximum absolute atomic E-state index is 12.7. The molecular formula is C19H18B2O5. The van der Waals surface area contributed by atoms with Gasteiger partial charge in [0.15, 0.2) is 5.78 Å². The Kier molecular flexibility index (Phi) is 5.54. The third-order valence-electron chi connectivity index (χ3n) is 4.45. The standard InChI is InChI=1S/C19H18B2O5/c22-19-15(11-13-5-1-3-7-17(13)20(23)24)9-10-16(19)12-14-6-2-4-8-18(14)21(25)26/h1-8,11-12,23-26H,9-10H2. The highest BCUT2D eigenvalue weighted by molar-refractivity contribution is 6.60. The van der Waals surface area contributed by atoms with Crippen molar-refractivity contribution < 1.29 is 24.9 Å². The summed E-state index contributed by atoms with van der Waals surface area (Å²) in [6.45, 7) is 0. The number of ketones is 1. The van der Waals surface area contributed by atoms with E-state index in [0.29, 0.717) is 46.0 Å². The van der Waals surface area contributed by atoms with Crippen molar-refractivity contribution in [2.24, 2.45) is 0 Å². The highest BCUT2D eigenvalue weighted by atomic mass is 16.4. The van der Waals surface area contributed by atoms with Crippen molar-refractivity contribution in [3.63, 3.8) is 0 Å². The average Bonchev–Trinajstić information content (AvgIpc) is 2.96. The highest BCUT2D eigenvalue weighted by Gasteiger charge is 2.25. The Bertz CT molecular complexity index is 816. The molecule has 2 aromatic rings. The van der Waals surface area contributed by atoms with E-state index >= 15 is 0 Å². The lowest BCUT2D eigenvalue weighted by molar-refractivity contribution is -0.111. The van der Waals surface area contributed by atoms with Crippen LogP contribution in [0.4, 0.5) is 0 Å². The molecule has 2 aromatic carbocycles. The lowest BCUT2D eigenvalue weighted by Crippen LogP contribution is -2.32. The Morgan fingerprint density at radius 3 is 1.46 bits per heavy atom. The van der Waals surface area contributed by atoms with Crippen molar-refractivity contribution in [3.8, 4) is 0 Å². The van der Waals surface area contributed by atoms with Crippen molar-refractivity contribution in [2.75, 3.05) is 0 Å². The largest absolute Gasteiger partial charge is 0.489 e. The fraction of sp³-hybridized carbons (Fsp3) is 0.105. The fourth-order valence-corrected chi connectivity index (χ4v) is 3.11. The molecule has 5 nitrogen and oxygen atoms in total. The van der Waals surface area contributed by atoms with E-state index in [1.165, 1.54) is 0 Å². The van der Waals surface area contributed by atoms with Crippen LogP contribution in [0.5, 0.6) is 0 Å². The molecular weight excluding hydrogens is 330 g/mol. The van der Waals surface area contributed by atoms with Gasteiger partial charge in [-0.3, -0.25) is 4.79 Å². The van der Waals surface area contributed by atoms with Crippen LogP contribution < -0.4 is 10.9 Å². The number of rotatable bonds is 4.